The first kappa shape index (κ1) is 15.1. The summed E-state index contributed by atoms with van der Waals surface area (Å²) in [6.07, 6.45) is 4.86. The molecule has 1 aromatic heterocycles. The van der Waals surface area contributed by atoms with Crippen LogP contribution in [0.2, 0.25) is 4.34 Å². The molecule has 2 fully saturated rings. The summed E-state index contributed by atoms with van der Waals surface area (Å²) < 4.78 is 0.757. The zero-order valence-corrected chi connectivity index (χ0v) is 13.8. The molecule has 0 aliphatic carbocycles. The Morgan fingerprint density at radius 3 is 3.00 bits per heavy atom. The van der Waals surface area contributed by atoms with E-state index < -0.39 is 0 Å². The lowest BCUT2D eigenvalue weighted by molar-refractivity contribution is 0.178. The summed E-state index contributed by atoms with van der Waals surface area (Å²) in [6.45, 7) is 4.30. The molecule has 2 aliphatic rings. The zero-order valence-electron chi connectivity index (χ0n) is 12.3. The fourth-order valence-electron chi connectivity index (χ4n) is 3.45. The van der Waals surface area contributed by atoms with Gasteiger partial charge in [-0.15, -0.1) is 11.3 Å². The Hall–Kier alpha value is -0.780. The van der Waals surface area contributed by atoms with Crippen molar-refractivity contribution in [1.29, 1.82) is 0 Å². The second-order valence-electron chi connectivity index (χ2n) is 5.98. The molecule has 3 rings (SSSR count). The van der Waals surface area contributed by atoms with Gasteiger partial charge in [0.1, 0.15) is 0 Å². The van der Waals surface area contributed by atoms with Gasteiger partial charge in [0.2, 0.25) is 0 Å². The molecule has 3 atom stereocenters. The maximum atomic E-state index is 12.2. The molecule has 21 heavy (non-hydrogen) atoms. The number of rotatable bonds is 3. The van der Waals surface area contributed by atoms with Gasteiger partial charge < -0.3 is 10.6 Å². The Morgan fingerprint density at radius 1 is 1.38 bits per heavy atom. The predicted octanol–water partition coefficient (Wildman–Crippen LogP) is 3.39. The van der Waals surface area contributed by atoms with Gasteiger partial charge in [-0.2, -0.15) is 0 Å². The number of thiophene rings is 1. The number of halogens is 1. The Labute approximate surface area is 134 Å². The van der Waals surface area contributed by atoms with E-state index in [0.29, 0.717) is 12.1 Å². The third-order valence-corrected chi connectivity index (χ3v) is 5.95. The molecule has 0 bridgehead atoms. The molecular formula is C15H22ClN3OS. The van der Waals surface area contributed by atoms with Crippen LogP contribution in [-0.4, -0.2) is 36.1 Å². The van der Waals surface area contributed by atoms with Crippen LogP contribution < -0.4 is 10.6 Å². The molecule has 6 heteroatoms. The number of urea groups is 1. The predicted molar refractivity (Wildman–Crippen MR) is 87.0 cm³/mol. The van der Waals surface area contributed by atoms with Crippen molar-refractivity contribution in [2.75, 3.05) is 13.1 Å². The van der Waals surface area contributed by atoms with Crippen LogP contribution in [0.15, 0.2) is 12.1 Å². The van der Waals surface area contributed by atoms with Crippen LogP contribution in [-0.2, 0) is 0 Å². The molecule has 4 nitrogen and oxygen atoms in total. The first-order chi connectivity index (χ1) is 10.1. The van der Waals surface area contributed by atoms with E-state index in [1.165, 1.54) is 37.1 Å². The third kappa shape index (κ3) is 3.52. The summed E-state index contributed by atoms with van der Waals surface area (Å²) in [7, 11) is 0. The molecule has 0 radical (unpaired) electrons. The third-order valence-electron chi connectivity index (χ3n) is 4.54. The highest BCUT2D eigenvalue weighted by atomic mass is 35.5. The van der Waals surface area contributed by atoms with Gasteiger partial charge >= 0.3 is 6.03 Å². The quantitative estimate of drug-likeness (QED) is 0.893. The average molecular weight is 328 g/mol. The van der Waals surface area contributed by atoms with Crippen LogP contribution in [0.25, 0.3) is 0 Å². The number of carbonyl (C=O) groups excluding carboxylic acids is 1. The Balaban J connectivity index is 1.52. The highest BCUT2D eigenvalue weighted by Crippen LogP contribution is 2.28. The van der Waals surface area contributed by atoms with Gasteiger partial charge in [0.05, 0.1) is 10.4 Å². The van der Waals surface area contributed by atoms with Gasteiger partial charge in [-0.1, -0.05) is 18.0 Å². The number of nitrogens with one attached hydrogen (secondary N) is 2. The molecular weight excluding hydrogens is 306 g/mol. The number of nitrogens with zero attached hydrogens (tertiary/aromatic N) is 1. The molecule has 0 unspecified atom stereocenters. The highest BCUT2D eigenvalue weighted by Gasteiger charge is 2.36. The molecule has 0 aromatic carbocycles. The smallest absolute Gasteiger partial charge is 0.315 e. The van der Waals surface area contributed by atoms with Gasteiger partial charge in [-0.3, -0.25) is 4.90 Å². The standard InChI is InChI=1S/C15H22ClN3OS/c1-10(13-5-6-14(16)21-13)17-15(20)18-11-7-9-19-8-3-2-4-12(11)19/h5-6,10-12H,2-4,7-9H2,1H3,(H2,17,18,20)/t10-,11-,12+/m0/s1. The van der Waals surface area contributed by atoms with Gasteiger partial charge in [0.25, 0.3) is 0 Å². The minimum absolute atomic E-state index is 0.00800. The second-order valence-corrected chi connectivity index (χ2v) is 7.72. The number of carbonyl (C=O) groups is 1. The lowest BCUT2D eigenvalue weighted by Crippen LogP contribution is -2.49. The molecule has 2 N–H and O–H groups in total. The van der Waals surface area contributed by atoms with E-state index in [2.05, 4.69) is 15.5 Å². The summed E-state index contributed by atoms with van der Waals surface area (Å²) in [5.74, 6) is 0. The molecule has 116 valence electrons. The summed E-state index contributed by atoms with van der Waals surface area (Å²) in [6, 6.07) is 4.60. The minimum atomic E-state index is -0.0653. The van der Waals surface area contributed by atoms with E-state index in [1.54, 1.807) is 0 Å². The van der Waals surface area contributed by atoms with Crippen LogP contribution in [0.3, 0.4) is 0 Å². The lowest BCUT2D eigenvalue weighted by Gasteiger charge is -2.32. The number of piperidine rings is 1. The molecule has 2 amide bonds. The van der Waals surface area contributed by atoms with E-state index in [4.69, 9.17) is 11.6 Å². The highest BCUT2D eigenvalue weighted by molar-refractivity contribution is 7.16. The summed E-state index contributed by atoms with van der Waals surface area (Å²) in [4.78, 5) is 15.8. The van der Waals surface area contributed by atoms with Gasteiger partial charge in [0, 0.05) is 23.5 Å². The van der Waals surface area contributed by atoms with Crippen LogP contribution in [0.1, 0.15) is 43.5 Å². The van der Waals surface area contributed by atoms with E-state index in [9.17, 15) is 4.79 Å². The largest absolute Gasteiger partial charge is 0.334 e. The van der Waals surface area contributed by atoms with E-state index >= 15 is 0 Å². The van der Waals surface area contributed by atoms with Crippen molar-refractivity contribution in [3.05, 3.63) is 21.3 Å². The van der Waals surface area contributed by atoms with Gasteiger partial charge in [-0.25, -0.2) is 4.79 Å². The van der Waals surface area contributed by atoms with Crippen molar-refractivity contribution < 1.29 is 4.79 Å². The first-order valence-corrected chi connectivity index (χ1v) is 8.89. The fraction of sp³-hybridized carbons (Fsp3) is 0.667. The number of hydrogen-bond acceptors (Lipinski definition) is 3. The topological polar surface area (TPSA) is 44.4 Å². The molecule has 3 heterocycles. The van der Waals surface area contributed by atoms with Gasteiger partial charge in [0.15, 0.2) is 0 Å². The molecule has 0 saturated carbocycles. The van der Waals surface area contributed by atoms with Crippen LogP contribution in [0, 0.1) is 0 Å². The average Bonchev–Trinajstić information content (AvgIpc) is 3.06. The molecule has 2 saturated heterocycles. The van der Waals surface area contributed by atoms with Crippen LogP contribution in [0.5, 0.6) is 0 Å². The minimum Gasteiger partial charge on any atom is -0.334 e. The molecule has 2 aliphatic heterocycles. The number of amides is 2. The van der Waals surface area contributed by atoms with Crippen molar-refractivity contribution in [1.82, 2.24) is 15.5 Å². The lowest BCUT2D eigenvalue weighted by atomic mass is 9.99. The first-order valence-electron chi connectivity index (χ1n) is 7.70. The monoisotopic (exact) mass is 327 g/mol. The molecule has 0 spiro atoms. The van der Waals surface area contributed by atoms with E-state index in [0.717, 1.165) is 22.2 Å². The normalized spacial score (nSPS) is 27.1. The summed E-state index contributed by atoms with van der Waals surface area (Å²) >= 11 is 7.45. The van der Waals surface area contributed by atoms with Gasteiger partial charge in [-0.05, 0) is 44.9 Å². The van der Waals surface area contributed by atoms with Crippen molar-refractivity contribution in [3.8, 4) is 0 Å². The number of hydrogen-bond donors (Lipinski definition) is 2. The second kappa shape index (κ2) is 6.55. The Kier molecular flexibility index (Phi) is 4.72. The van der Waals surface area contributed by atoms with Crippen molar-refractivity contribution in [3.63, 3.8) is 0 Å². The van der Waals surface area contributed by atoms with Crippen molar-refractivity contribution in [2.24, 2.45) is 0 Å². The SMILES string of the molecule is C[C@H](NC(=O)N[C@H]1CCN2CCCC[C@H]12)c1ccc(Cl)s1. The maximum Gasteiger partial charge on any atom is 0.315 e. The van der Waals surface area contributed by atoms with E-state index in [-0.39, 0.29) is 12.1 Å². The maximum absolute atomic E-state index is 12.2. The van der Waals surface area contributed by atoms with Crippen LogP contribution >= 0.6 is 22.9 Å². The zero-order chi connectivity index (χ0) is 14.8. The van der Waals surface area contributed by atoms with E-state index in [1.807, 2.05) is 19.1 Å². The Bertz CT molecular complexity index is 507. The summed E-state index contributed by atoms with van der Waals surface area (Å²) in [5, 5.41) is 6.18. The van der Waals surface area contributed by atoms with Crippen LogP contribution in [0.4, 0.5) is 4.79 Å². The van der Waals surface area contributed by atoms with Crippen molar-refractivity contribution >= 4 is 29.0 Å². The fourth-order valence-corrected chi connectivity index (χ4v) is 4.52. The molecule has 1 aromatic rings. The number of fused-ring (bicyclic) bond motifs is 1. The Morgan fingerprint density at radius 2 is 2.24 bits per heavy atom. The van der Waals surface area contributed by atoms with Crippen molar-refractivity contribution in [2.45, 2.75) is 50.7 Å². The summed E-state index contributed by atoms with van der Waals surface area (Å²) in [5.41, 5.74) is 0.